The lowest BCUT2D eigenvalue weighted by Crippen LogP contribution is -1.92. The average Bonchev–Trinajstić information content (AvgIpc) is 3.16. The third-order valence-corrected chi connectivity index (χ3v) is 4.42. The van der Waals surface area contributed by atoms with Crippen LogP contribution in [0.15, 0.2) is 42.6 Å². The number of pyridine rings is 1. The van der Waals surface area contributed by atoms with Crippen molar-refractivity contribution in [3.05, 3.63) is 48.3 Å². The number of nitrogens with zero attached hydrogens (tertiary/aromatic N) is 5. The quantitative estimate of drug-likeness (QED) is 0.579. The SMILES string of the molecule is COc1cccc(-c2nnc3sc(-c4ccc(C)nc4)nn23)c1. The standard InChI is InChI=1S/C16H13N5OS/c1-10-6-7-12(9-17-10)15-20-21-14(18-19-16(21)23-15)11-4-3-5-13(8-11)22-2/h3-9H,1-2H3. The van der Waals surface area contributed by atoms with E-state index in [1.807, 2.05) is 49.5 Å². The van der Waals surface area contributed by atoms with Crippen LogP contribution < -0.4 is 4.74 Å². The number of fused-ring (bicyclic) bond motifs is 1. The minimum absolute atomic E-state index is 0.696. The van der Waals surface area contributed by atoms with E-state index in [9.17, 15) is 0 Å². The number of methoxy groups -OCH3 is 1. The van der Waals surface area contributed by atoms with Gasteiger partial charge in [0.15, 0.2) is 5.82 Å². The van der Waals surface area contributed by atoms with Crippen molar-refractivity contribution in [2.24, 2.45) is 0 Å². The van der Waals surface area contributed by atoms with Gasteiger partial charge in [0.1, 0.15) is 10.8 Å². The molecule has 114 valence electrons. The van der Waals surface area contributed by atoms with Gasteiger partial charge in [-0.25, -0.2) is 0 Å². The van der Waals surface area contributed by atoms with Gasteiger partial charge in [-0.1, -0.05) is 23.5 Å². The summed E-state index contributed by atoms with van der Waals surface area (Å²) in [6, 6.07) is 11.7. The summed E-state index contributed by atoms with van der Waals surface area (Å²) in [5, 5.41) is 14.0. The molecule has 6 nitrogen and oxygen atoms in total. The first-order chi connectivity index (χ1) is 11.2. The topological polar surface area (TPSA) is 65.2 Å². The number of hydrogen-bond acceptors (Lipinski definition) is 6. The van der Waals surface area contributed by atoms with Crippen LogP contribution in [0, 0.1) is 6.92 Å². The highest BCUT2D eigenvalue weighted by atomic mass is 32.1. The van der Waals surface area contributed by atoms with E-state index in [1.54, 1.807) is 11.6 Å². The smallest absolute Gasteiger partial charge is 0.235 e. The van der Waals surface area contributed by atoms with E-state index in [2.05, 4.69) is 20.3 Å². The summed E-state index contributed by atoms with van der Waals surface area (Å²) in [6.45, 7) is 1.96. The summed E-state index contributed by atoms with van der Waals surface area (Å²) in [4.78, 5) is 5.07. The van der Waals surface area contributed by atoms with Crippen molar-refractivity contribution in [3.8, 4) is 27.7 Å². The van der Waals surface area contributed by atoms with E-state index in [-0.39, 0.29) is 0 Å². The molecule has 3 aromatic heterocycles. The number of rotatable bonds is 3. The summed E-state index contributed by atoms with van der Waals surface area (Å²) in [7, 11) is 1.64. The van der Waals surface area contributed by atoms with Gasteiger partial charge >= 0.3 is 0 Å². The molecule has 1 aromatic carbocycles. The van der Waals surface area contributed by atoms with Crippen LogP contribution in [0.25, 0.3) is 26.9 Å². The van der Waals surface area contributed by atoms with Crippen LogP contribution in [0.3, 0.4) is 0 Å². The molecule has 0 aliphatic rings. The van der Waals surface area contributed by atoms with Crippen LogP contribution in [-0.2, 0) is 0 Å². The second-order valence-electron chi connectivity index (χ2n) is 5.05. The fourth-order valence-corrected chi connectivity index (χ4v) is 3.10. The van der Waals surface area contributed by atoms with Crippen molar-refractivity contribution in [1.29, 1.82) is 0 Å². The van der Waals surface area contributed by atoms with Gasteiger partial charge in [0.05, 0.1) is 7.11 Å². The first kappa shape index (κ1) is 13.8. The van der Waals surface area contributed by atoms with Gasteiger partial charge in [-0.3, -0.25) is 4.98 Å². The second kappa shape index (κ2) is 5.44. The number of ether oxygens (including phenoxy) is 1. The summed E-state index contributed by atoms with van der Waals surface area (Å²) in [5.74, 6) is 1.47. The molecule has 0 saturated carbocycles. The third kappa shape index (κ3) is 2.44. The molecule has 4 aromatic rings. The highest BCUT2D eigenvalue weighted by molar-refractivity contribution is 7.19. The molecule has 0 saturated heterocycles. The van der Waals surface area contributed by atoms with E-state index < -0.39 is 0 Å². The molecule has 3 heterocycles. The maximum Gasteiger partial charge on any atom is 0.235 e. The van der Waals surface area contributed by atoms with Crippen LogP contribution in [0.2, 0.25) is 0 Å². The van der Waals surface area contributed by atoms with Crippen molar-refractivity contribution in [2.45, 2.75) is 6.92 Å². The van der Waals surface area contributed by atoms with Crippen LogP contribution in [0.4, 0.5) is 0 Å². The predicted octanol–water partition coefficient (Wildman–Crippen LogP) is 3.23. The summed E-state index contributed by atoms with van der Waals surface area (Å²) in [6.07, 6.45) is 1.83. The molecule has 4 rings (SSSR count). The number of benzene rings is 1. The Morgan fingerprint density at radius 3 is 2.78 bits per heavy atom. The van der Waals surface area contributed by atoms with Crippen molar-refractivity contribution in [1.82, 2.24) is 24.8 Å². The van der Waals surface area contributed by atoms with Gasteiger partial charge in [0.2, 0.25) is 4.96 Å². The van der Waals surface area contributed by atoms with Crippen molar-refractivity contribution in [2.75, 3.05) is 7.11 Å². The van der Waals surface area contributed by atoms with Gasteiger partial charge in [-0.2, -0.15) is 9.61 Å². The van der Waals surface area contributed by atoms with Gasteiger partial charge in [-0.15, -0.1) is 10.2 Å². The monoisotopic (exact) mass is 323 g/mol. The highest BCUT2D eigenvalue weighted by Gasteiger charge is 2.15. The molecule has 0 bridgehead atoms. The van der Waals surface area contributed by atoms with Crippen LogP contribution in [0.5, 0.6) is 5.75 Å². The zero-order valence-electron chi connectivity index (χ0n) is 12.6. The Labute approximate surface area is 136 Å². The van der Waals surface area contributed by atoms with E-state index in [4.69, 9.17) is 4.74 Å². The van der Waals surface area contributed by atoms with Crippen LogP contribution in [0.1, 0.15) is 5.69 Å². The Kier molecular flexibility index (Phi) is 3.27. The molecular weight excluding hydrogens is 310 g/mol. The highest BCUT2D eigenvalue weighted by Crippen LogP contribution is 2.28. The second-order valence-corrected chi connectivity index (χ2v) is 6.00. The number of aryl methyl sites for hydroxylation is 1. The van der Waals surface area contributed by atoms with E-state index in [1.165, 1.54) is 11.3 Å². The molecule has 0 amide bonds. The van der Waals surface area contributed by atoms with Crippen LogP contribution >= 0.6 is 11.3 Å². The van der Waals surface area contributed by atoms with Gasteiger partial charge in [0.25, 0.3) is 0 Å². The maximum atomic E-state index is 5.27. The largest absolute Gasteiger partial charge is 0.497 e. The van der Waals surface area contributed by atoms with Gasteiger partial charge in [-0.05, 0) is 31.2 Å². The molecule has 0 atom stereocenters. The zero-order chi connectivity index (χ0) is 15.8. The molecule has 0 aliphatic carbocycles. The maximum absolute atomic E-state index is 5.27. The molecule has 0 aliphatic heterocycles. The Morgan fingerprint density at radius 2 is 2.00 bits per heavy atom. The minimum atomic E-state index is 0.696. The van der Waals surface area contributed by atoms with Crippen molar-refractivity contribution >= 4 is 16.3 Å². The van der Waals surface area contributed by atoms with Gasteiger partial charge in [0, 0.05) is 23.0 Å². The summed E-state index contributed by atoms with van der Waals surface area (Å²) < 4.78 is 7.03. The van der Waals surface area contributed by atoms with Gasteiger partial charge < -0.3 is 4.74 Å². The van der Waals surface area contributed by atoms with Crippen molar-refractivity contribution < 1.29 is 4.74 Å². The molecule has 0 unspecified atom stereocenters. The number of aromatic nitrogens is 5. The summed E-state index contributed by atoms with van der Waals surface area (Å²) >= 11 is 1.49. The molecule has 0 spiro atoms. The van der Waals surface area contributed by atoms with E-state index in [0.29, 0.717) is 5.82 Å². The molecule has 0 radical (unpaired) electrons. The first-order valence-corrected chi connectivity index (χ1v) is 7.86. The number of hydrogen-bond donors (Lipinski definition) is 0. The first-order valence-electron chi connectivity index (χ1n) is 7.04. The lowest BCUT2D eigenvalue weighted by atomic mass is 10.2. The predicted molar refractivity (Wildman–Crippen MR) is 88.6 cm³/mol. The van der Waals surface area contributed by atoms with E-state index >= 15 is 0 Å². The fourth-order valence-electron chi connectivity index (χ4n) is 2.27. The molecule has 23 heavy (non-hydrogen) atoms. The molecular formula is C16H13N5OS. The Balaban J connectivity index is 1.81. The Morgan fingerprint density at radius 1 is 1.09 bits per heavy atom. The molecule has 7 heteroatoms. The normalized spacial score (nSPS) is 11.0. The molecule has 0 N–H and O–H groups in total. The fraction of sp³-hybridized carbons (Fsp3) is 0.125. The summed E-state index contributed by atoms with van der Waals surface area (Å²) in [5.41, 5.74) is 2.87. The minimum Gasteiger partial charge on any atom is -0.497 e. The Hall–Kier alpha value is -2.80. The lowest BCUT2D eigenvalue weighted by Gasteiger charge is -2.01. The third-order valence-electron chi connectivity index (χ3n) is 3.48. The molecule has 0 fully saturated rings. The van der Waals surface area contributed by atoms with Crippen molar-refractivity contribution in [3.63, 3.8) is 0 Å². The van der Waals surface area contributed by atoms with Crippen LogP contribution in [-0.4, -0.2) is 31.9 Å². The lowest BCUT2D eigenvalue weighted by molar-refractivity contribution is 0.415. The Bertz CT molecular complexity index is 974. The van der Waals surface area contributed by atoms with E-state index in [0.717, 1.165) is 32.5 Å². The zero-order valence-corrected chi connectivity index (χ0v) is 13.4. The average molecular weight is 323 g/mol.